The minimum absolute atomic E-state index is 0.119. The van der Waals surface area contributed by atoms with Crippen LogP contribution in [0.2, 0.25) is 0 Å². The first-order valence-corrected chi connectivity index (χ1v) is 5.24. The van der Waals surface area contributed by atoms with Crippen molar-refractivity contribution in [3.05, 3.63) is 35.7 Å². The summed E-state index contributed by atoms with van der Waals surface area (Å²) in [6, 6.07) is 5.92. The largest absolute Gasteiger partial charge is 0.378 e. The van der Waals surface area contributed by atoms with Gasteiger partial charge in [-0.25, -0.2) is 0 Å². The fraction of sp³-hybridized carbons (Fsp3) is 0.333. The van der Waals surface area contributed by atoms with Crippen LogP contribution in [0.25, 0.3) is 6.08 Å². The number of nitriles is 1. The Morgan fingerprint density at radius 2 is 2.56 bits per heavy atom. The lowest BCUT2D eigenvalue weighted by Crippen LogP contribution is -2.35. The monoisotopic (exact) mass is 215 g/mol. The van der Waals surface area contributed by atoms with E-state index in [0.717, 1.165) is 24.4 Å². The Hall–Kier alpha value is -1.70. The van der Waals surface area contributed by atoms with E-state index in [4.69, 9.17) is 10.00 Å². The van der Waals surface area contributed by atoms with Gasteiger partial charge in [-0.15, -0.1) is 0 Å². The third-order valence-electron chi connectivity index (χ3n) is 2.46. The van der Waals surface area contributed by atoms with Crippen molar-refractivity contribution in [2.45, 2.75) is 6.04 Å². The maximum absolute atomic E-state index is 8.53. The van der Waals surface area contributed by atoms with Gasteiger partial charge in [0.1, 0.15) is 0 Å². The molecule has 4 heteroatoms. The summed E-state index contributed by atoms with van der Waals surface area (Å²) in [5.41, 5.74) is 1.90. The van der Waals surface area contributed by atoms with Crippen molar-refractivity contribution in [1.82, 2.24) is 10.3 Å². The molecule has 0 aliphatic carbocycles. The second-order valence-electron chi connectivity index (χ2n) is 3.52. The quantitative estimate of drug-likeness (QED) is 0.755. The molecule has 0 amide bonds. The molecule has 0 radical (unpaired) electrons. The van der Waals surface area contributed by atoms with Gasteiger partial charge in [-0.05, 0) is 17.7 Å². The summed E-state index contributed by atoms with van der Waals surface area (Å²) in [6.45, 7) is 2.21. The molecule has 1 aliphatic heterocycles. The first-order chi connectivity index (χ1) is 7.92. The van der Waals surface area contributed by atoms with Crippen LogP contribution in [0, 0.1) is 11.3 Å². The molecule has 82 valence electrons. The molecule has 1 saturated heterocycles. The van der Waals surface area contributed by atoms with E-state index in [-0.39, 0.29) is 6.04 Å². The lowest BCUT2D eigenvalue weighted by Gasteiger charge is -2.24. The highest BCUT2D eigenvalue weighted by Gasteiger charge is 2.18. The fourth-order valence-electron chi connectivity index (χ4n) is 1.73. The Morgan fingerprint density at radius 1 is 1.62 bits per heavy atom. The molecule has 1 fully saturated rings. The van der Waals surface area contributed by atoms with Crippen LogP contribution in [0.4, 0.5) is 0 Å². The molecule has 1 aromatic rings. The molecule has 1 unspecified atom stereocenters. The number of ether oxygens (including phenoxy) is 1. The van der Waals surface area contributed by atoms with E-state index in [9.17, 15) is 0 Å². The first kappa shape index (κ1) is 10.8. The number of pyridine rings is 1. The molecule has 1 N–H and O–H groups in total. The zero-order chi connectivity index (χ0) is 11.2. The summed E-state index contributed by atoms with van der Waals surface area (Å²) in [7, 11) is 0. The summed E-state index contributed by atoms with van der Waals surface area (Å²) >= 11 is 0. The van der Waals surface area contributed by atoms with E-state index in [0.29, 0.717) is 6.61 Å². The van der Waals surface area contributed by atoms with Crippen LogP contribution in [0.15, 0.2) is 24.4 Å². The van der Waals surface area contributed by atoms with E-state index in [2.05, 4.69) is 10.3 Å². The van der Waals surface area contributed by atoms with Gasteiger partial charge in [-0.1, -0.05) is 6.07 Å². The summed E-state index contributed by atoms with van der Waals surface area (Å²) in [6.07, 6.45) is 5.00. The minimum Gasteiger partial charge on any atom is -0.378 e. The SMILES string of the molecule is N#CC=Cc1cccnc1C1COCCN1. The third-order valence-corrected chi connectivity index (χ3v) is 2.46. The van der Waals surface area contributed by atoms with Crippen molar-refractivity contribution in [1.29, 1.82) is 5.26 Å². The second-order valence-corrected chi connectivity index (χ2v) is 3.52. The molecular weight excluding hydrogens is 202 g/mol. The maximum Gasteiger partial charge on any atom is 0.0912 e. The number of aromatic nitrogens is 1. The van der Waals surface area contributed by atoms with Gasteiger partial charge in [0.05, 0.1) is 31.0 Å². The zero-order valence-electron chi connectivity index (χ0n) is 8.89. The van der Waals surface area contributed by atoms with Crippen molar-refractivity contribution < 1.29 is 4.74 Å². The van der Waals surface area contributed by atoms with Crippen LogP contribution in [-0.2, 0) is 4.74 Å². The Morgan fingerprint density at radius 3 is 3.31 bits per heavy atom. The van der Waals surface area contributed by atoms with E-state index < -0.39 is 0 Å². The highest BCUT2D eigenvalue weighted by atomic mass is 16.5. The molecule has 1 aliphatic rings. The van der Waals surface area contributed by atoms with Crippen molar-refractivity contribution in [2.75, 3.05) is 19.8 Å². The van der Waals surface area contributed by atoms with Crippen molar-refractivity contribution >= 4 is 6.08 Å². The van der Waals surface area contributed by atoms with Gasteiger partial charge in [-0.2, -0.15) is 5.26 Å². The van der Waals surface area contributed by atoms with E-state index in [1.807, 2.05) is 18.2 Å². The standard InChI is InChI=1S/C12H13N3O/c13-5-1-3-10-4-2-6-15-12(10)11-9-16-8-7-14-11/h1-4,6,11,14H,7-9H2. The molecule has 1 aromatic heterocycles. The van der Waals surface area contributed by atoms with Gasteiger partial charge in [-0.3, -0.25) is 4.98 Å². The number of morpholine rings is 1. The Labute approximate surface area is 94.6 Å². The maximum atomic E-state index is 8.53. The molecule has 1 atom stereocenters. The topological polar surface area (TPSA) is 57.9 Å². The summed E-state index contributed by atoms with van der Waals surface area (Å²) in [5.74, 6) is 0. The van der Waals surface area contributed by atoms with Gasteiger partial charge in [0.2, 0.25) is 0 Å². The molecule has 0 saturated carbocycles. The van der Waals surface area contributed by atoms with Crippen molar-refractivity contribution in [3.63, 3.8) is 0 Å². The highest BCUT2D eigenvalue weighted by molar-refractivity contribution is 5.54. The van der Waals surface area contributed by atoms with Gasteiger partial charge in [0.15, 0.2) is 0 Å². The predicted octanol–water partition coefficient (Wildman–Crippen LogP) is 1.28. The average Bonchev–Trinajstić information content (AvgIpc) is 2.38. The number of hydrogen-bond donors (Lipinski definition) is 1. The van der Waals surface area contributed by atoms with E-state index in [1.54, 1.807) is 12.3 Å². The molecule has 0 spiro atoms. The van der Waals surface area contributed by atoms with Gasteiger partial charge >= 0.3 is 0 Å². The van der Waals surface area contributed by atoms with Crippen LogP contribution >= 0.6 is 0 Å². The van der Waals surface area contributed by atoms with E-state index in [1.165, 1.54) is 6.08 Å². The van der Waals surface area contributed by atoms with Crippen molar-refractivity contribution in [2.24, 2.45) is 0 Å². The van der Waals surface area contributed by atoms with Gasteiger partial charge in [0.25, 0.3) is 0 Å². The zero-order valence-corrected chi connectivity index (χ0v) is 8.89. The number of hydrogen-bond acceptors (Lipinski definition) is 4. The summed E-state index contributed by atoms with van der Waals surface area (Å²) in [4.78, 5) is 4.35. The molecule has 0 aromatic carbocycles. The number of allylic oxidation sites excluding steroid dienone is 1. The van der Waals surface area contributed by atoms with Crippen LogP contribution in [-0.4, -0.2) is 24.7 Å². The number of nitrogens with one attached hydrogen (secondary N) is 1. The van der Waals surface area contributed by atoms with Crippen LogP contribution in [0.1, 0.15) is 17.3 Å². The molecule has 4 nitrogen and oxygen atoms in total. The minimum atomic E-state index is 0.119. The third kappa shape index (κ3) is 2.45. The van der Waals surface area contributed by atoms with Gasteiger partial charge < -0.3 is 10.1 Å². The van der Waals surface area contributed by atoms with Crippen LogP contribution in [0.3, 0.4) is 0 Å². The average molecular weight is 215 g/mol. The Bertz CT molecular complexity index is 417. The van der Waals surface area contributed by atoms with Crippen LogP contribution in [0.5, 0.6) is 0 Å². The second kappa shape index (κ2) is 5.40. The Balaban J connectivity index is 2.25. The fourth-order valence-corrected chi connectivity index (χ4v) is 1.73. The summed E-state index contributed by atoms with van der Waals surface area (Å²) < 4.78 is 5.40. The highest BCUT2D eigenvalue weighted by Crippen LogP contribution is 2.18. The molecule has 16 heavy (non-hydrogen) atoms. The molecule has 2 rings (SSSR count). The van der Waals surface area contributed by atoms with Crippen LogP contribution < -0.4 is 5.32 Å². The normalized spacial score (nSPS) is 20.8. The number of nitrogens with zero attached hydrogens (tertiary/aromatic N) is 2. The van der Waals surface area contributed by atoms with E-state index >= 15 is 0 Å². The smallest absolute Gasteiger partial charge is 0.0912 e. The molecule has 2 heterocycles. The predicted molar refractivity (Wildman–Crippen MR) is 60.4 cm³/mol. The Kier molecular flexibility index (Phi) is 3.65. The molecule has 0 bridgehead atoms. The van der Waals surface area contributed by atoms with Gasteiger partial charge in [0, 0.05) is 18.8 Å². The molecular formula is C12H13N3O. The first-order valence-electron chi connectivity index (χ1n) is 5.24. The lowest BCUT2D eigenvalue weighted by molar-refractivity contribution is 0.0755. The van der Waals surface area contributed by atoms with Crippen molar-refractivity contribution in [3.8, 4) is 6.07 Å². The lowest BCUT2D eigenvalue weighted by atomic mass is 10.1. The summed E-state index contributed by atoms with van der Waals surface area (Å²) in [5, 5.41) is 11.9. The number of rotatable bonds is 2.